The molecular formula is C9H18F4N2O. The zero-order valence-corrected chi connectivity index (χ0v) is 9.19. The SMILES string of the molecule is CCCCC(COCC(F)(F)C(F)F)NN. The van der Waals surface area contributed by atoms with Gasteiger partial charge in [-0.1, -0.05) is 19.8 Å². The Bertz CT molecular complexity index is 181. The van der Waals surface area contributed by atoms with Gasteiger partial charge in [0.1, 0.15) is 6.61 Å². The van der Waals surface area contributed by atoms with Crippen LogP contribution >= 0.6 is 0 Å². The Kier molecular flexibility index (Phi) is 7.61. The van der Waals surface area contributed by atoms with Crippen LogP contribution in [0.5, 0.6) is 0 Å². The van der Waals surface area contributed by atoms with Gasteiger partial charge in [0, 0.05) is 6.04 Å². The van der Waals surface area contributed by atoms with Crippen LogP contribution in [0.2, 0.25) is 0 Å². The summed E-state index contributed by atoms with van der Waals surface area (Å²) >= 11 is 0. The summed E-state index contributed by atoms with van der Waals surface area (Å²) in [6, 6.07) is -0.284. The van der Waals surface area contributed by atoms with Crippen LogP contribution in [0.4, 0.5) is 17.6 Å². The van der Waals surface area contributed by atoms with E-state index >= 15 is 0 Å². The van der Waals surface area contributed by atoms with E-state index in [0.29, 0.717) is 6.42 Å². The molecule has 0 spiro atoms. The number of hydrogen-bond donors (Lipinski definition) is 2. The van der Waals surface area contributed by atoms with Crippen LogP contribution in [0.15, 0.2) is 0 Å². The highest BCUT2D eigenvalue weighted by Crippen LogP contribution is 2.22. The molecule has 7 heteroatoms. The van der Waals surface area contributed by atoms with Crippen molar-refractivity contribution in [2.24, 2.45) is 5.84 Å². The second-order valence-electron chi connectivity index (χ2n) is 3.58. The molecule has 0 fully saturated rings. The van der Waals surface area contributed by atoms with Gasteiger partial charge < -0.3 is 4.74 Å². The highest BCUT2D eigenvalue weighted by atomic mass is 19.3. The normalized spacial score (nSPS) is 14.4. The summed E-state index contributed by atoms with van der Waals surface area (Å²) in [7, 11) is 0. The van der Waals surface area contributed by atoms with Crippen molar-refractivity contribution in [3.8, 4) is 0 Å². The van der Waals surface area contributed by atoms with Crippen molar-refractivity contribution in [3.05, 3.63) is 0 Å². The summed E-state index contributed by atoms with van der Waals surface area (Å²) in [6.07, 6.45) is -1.24. The van der Waals surface area contributed by atoms with E-state index < -0.39 is 19.0 Å². The zero-order valence-electron chi connectivity index (χ0n) is 9.19. The molecule has 0 bridgehead atoms. The Morgan fingerprint density at radius 3 is 2.44 bits per heavy atom. The van der Waals surface area contributed by atoms with Crippen LogP contribution in [0.25, 0.3) is 0 Å². The average Bonchev–Trinajstić information content (AvgIpc) is 2.22. The molecular weight excluding hydrogens is 228 g/mol. The van der Waals surface area contributed by atoms with Crippen molar-refractivity contribution in [3.63, 3.8) is 0 Å². The van der Waals surface area contributed by atoms with Crippen molar-refractivity contribution >= 4 is 0 Å². The number of halogens is 4. The van der Waals surface area contributed by atoms with Crippen molar-refractivity contribution < 1.29 is 22.3 Å². The van der Waals surface area contributed by atoms with Crippen molar-refractivity contribution in [2.45, 2.75) is 44.6 Å². The smallest absolute Gasteiger partial charge is 0.330 e. The predicted molar refractivity (Wildman–Crippen MR) is 52.4 cm³/mol. The van der Waals surface area contributed by atoms with E-state index in [1.165, 1.54) is 0 Å². The van der Waals surface area contributed by atoms with Crippen LogP contribution in [-0.4, -0.2) is 31.6 Å². The quantitative estimate of drug-likeness (QED) is 0.371. The van der Waals surface area contributed by atoms with E-state index in [1.807, 2.05) is 6.92 Å². The summed E-state index contributed by atoms with van der Waals surface area (Å²) < 4.78 is 52.9. The van der Waals surface area contributed by atoms with Crippen LogP contribution in [0.1, 0.15) is 26.2 Å². The number of ether oxygens (including phenoxy) is 1. The first kappa shape index (κ1) is 15.6. The predicted octanol–water partition coefficient (Wildman–Crippen LogP) is 1.93. The van der Waals surface area contributed by atoms with Gasteiger partial charge in [-0.2, -0.15) is 8.78 Å². The third-order valence-corrected chi connectivity index (χ3v) is 2.07. The van der Waals surface area contributed by atoms with Gasteiger partial charge in [0.25, 0.3) is 0 Å². The van der Waals surface area contributed by atoms with E-state index in [2.05, 4.69) is 10.2 Å². The maximum absolute atomic E-state index is 12.4. The molecule has 98 valence electrons. The van der Waals surface area contributed by atoms with Crippen LogP contribution in [0, 0.1) is 0 Å². The summed E-state index contributed by atoms with van der Waals surface area (Å²) in [5, 5.41) is 0. The molecule has 0 aliphatic carbocycles. The van der Waals surface area contributed by atoms with Gasteiger partial charge in [-0.05, 0) is 6.42 Å². The monoisotopic (exact) mass is 246 g/mol. The van der Waals surface area contributed by atoms with Gasteiger partial charge >= 0.3 is 12.3 Å². The molecule has 0 aromatic heterocycles. The lowest BCUT2D eigenvalue weighted by Crippen LogP contribution is -2.40. The van der Waals surface area contributed by atoms with Crippen LogP contribution < -0.4 is 11.3 Å². The highest BCUT2D eigenvalue weighted by molar-refractivity contribution is 4.69. The Morgan fingerprint density at radius 1 is 1.38 bits per heavy atom. The standard InChI is InChI=1S/C9H18F4N2O/c1-2-3-4-7(15-14)5-16-6-9(12,13)8(10)11/h7-8,15H,2-6,14H2,1H3. The lowest BCUT2D eigenvalue weighted by Gasteiger charge is -2.19. The maximum Gasteiger partial charge on any atom is 0.330 e. The maximum atomic E-state index is 12.4. The second kappa shape index (κ2) is 7.81. The topological polar surface area (TPSA) is 47.3 Å². The molecule has 3 N–H and O–H groups in total. The van der Waals surface area contributed by atoms with Gasteiger partial charge in [-0.25, -0.2) is 8.78 Å². The fraction of sp³-hybridized carbons (Fsp3) is 1.00. The fourth-order valence-electron chi connectivity index (χ4n) is 1.07. The number of nitrogens with one attached hydrogen (secondary N) is 1. The first-order valence-corrected chi connectivity index (χ1v) is 5.13. The highest BCUT2D eigenvalue weighted by Gasteiger charge is 2.41. The molecule has 0 heterocycles. The number of nitrogens with two attached hydrogens (primary N) is 1. The number of unbranched alkanes of at least 4 members (excludes halogenated alkanes) is 1. The molecule has 0 aliphatic rings. The second-order valence-corrected chi connectivity index (χ2v) is 3.58. The molecule has 1 atom stereocenters. The number of hydrogen-bond acceptors (Lipinski definition) is 3. The first-order valence-electron chi connectivity index (χ1n) is 5.13. The minimum atomic E-state index is -4.09. The van der Waals surface area contributed by atoms with Gasteiger partial charge in [0.2, 0.25) is 0 Å². The third kappa shape index (κ3) is 6.24. The third-order valence-electron chi connectivity index (χ3n) is 2.07. The van der Waals surface area contributed by atoms with Gasteiger partial charge in [0.05, 0.1) is 6.61 Å². The van der Waals surface area contributed by atoms with E-state index in [1.54, 1.807) is 0 Å². The zero-order chi connectivity index (χ0) is 12.6. The molecule has 0 aromatic carbocycles. The van der Waals surface area contributed by atoms with E-state index in [9.17, 15) is 17.6 Å². The Labute approximate surface area is 92.3 Å². The molecule has 3 nitrogen and oxygen atoms in total. The molecule has 1 unspecified atom stereocenters. The summed E-state index contributed by atoms with van der Waals surface area (Å²) in [6.45, 7) is 0.590. The molecule has 0 aromatic rings. The van der Waals surface area contributed by atoms with Gasteiger partial charge in [-0.3, -0.25) is 11.3 Å². The molecule has 0 amide bonds. The molecule has 0 saturated heterocycles. The molecule has 0 aliphatic heterocycles. The van der Waals surface area contributed by atoms with Crippen molar-refractivity contribution in [1.82, 2.24) is 5.43 Å². The summed E-state index contributed by atoms with van der Waals surface area (Å²) in [5.41, 5.74) is 2.39. The summed E-state index contributed by atoms with van der Waals surface area (Å²) in [4.78, 5) is 0. The van der Waals surface area contributed by atoms with E-state index in [4.69, 9.17) is 5.84 Å². The Morgan fingerprint density at radius 2 is 2.00 bits per heavy atom. The van der Waals surface area contributed by atoms with E-state index in [-0.39, 0.29) is 12.6 Å². The fourth-order valence-corrected chi connectivity index (χ4v) is 1.07. The number of alkyl halides is 4. The molecule has 0 radical (unpaired) electrons. The number of hydrazine groups is 1. The number of rotatable bonds is 9. The van der Waals surface area contributed by atoms with Gasteiger partial charge in [-0.15, -0.1) is 0 Å². The molecule has 16 heavy (non-hydrogen) atoms. The van der Waals surface area contributed by atoms with Crippen LogP contribution in [0.3, 0.4) is 0 Å². The van der Waals surface area contributed by atoms with E-state index in [0.717, 1.165) is 12.8 Å². The Balaban J connectivity index is 3.77. The molecule has 0 saturated carbocycles. The van der Waals surface area contributed by atoms with Gasteiger partial charge in [0.15, 0.2) is 0 Å². The minimum Gasteiger partial charge on any atom is -0.373 e. The lowest BCUT2D eigenvalue weighted by molar-refractivity contribution is -0.167. The minimum absolute atomic E-state index is 0.0984. The van der Waals surface area contributed by atoms with Crippen molar-refractivity contribution in [1.29, 1.82) is 0 Å². The Hall–Kier alpha value is -0.400. The average molecular weight is 246 g/mol. The van der Waals surface area contributed by atoms with Crippen molar-refractivity contribution in [2.75, 3.05) is 13.2 Å². The van der Waals surface area contributed by atoms with Crippen LogP contribution in [-0.2, 0) is 4.74 Å². The summed E-state index contributed by atoms with van der Waals surface area (Å²) in [5.74, 6) is 1.06. The molecule has 0 rings (SSSR count). The lowest BCUT2D eigenvalue weighted by atomic mass is 10.1. The largest absolute Gasteiger partial charge is 0.373 e. The first-order chi connectivity index (χ1) is 7.44.